The third-order valence-electron chi connectivity index (χ3n) is 9.69. The van der Waals surface area contributed by atoms with Crippen molar-refractivity contribution >= 4 is 53.2 Å². The quantitative estimate of drug-likeness (QED) is 0.183. The highest BCUT2D eigenvalue weighted by Gasteiger charge is 2.18. The molecule has 10 rings (SSSR count). The van der Waals surface area contributed by atoms with Gasteiger partial charge in [-0.25, -0.2) is 15.0 Å². The average molecular weight is 668 g/mol. The predicted molar refractivity (Wildman–Crippen MR) is 215 cm³/mol. The van der Waals surface area contributed by atoms with Crippen LogP contribution in [-0.2, 0) is 0 Å². The molecule has 0 unspecified atom stereocenters. The van der Waals surface area contributed by atoms with Crippen LogP contribution in [0.1, 0.15) is 0 Å². The van der Waals surface area contributed by atoms with Gasteiger partial charge in [-0.2, -0.15) is 0 Å². The lowest BCUT2D eigenvalue weighted by atomic mass is 9.96. The third-order valence-corrected chi connectivity index (χ3v) is 10.9. The van der Waals surface area contributed by atoms with E-state index in [-0.39, 0.29) is 0 Å². The van der Waals surface area contributed by atoms with Crippen LogP contribution >= 0.6 is 11.3 Å². The fourth-order valence-corrected chi connectivity index (χ4v) is 8.40. The van der Waals surface area contributed by atoms with Crippen LogP contribution in [0.4, 0.5) is 0 Å². The molecule has 4 heteroatoms. The Bertz CT molecular complexity index is 2830. The minimum atomic E-state index is 0.716. The molecular formula is C47H29N3S. The molecule has 3 nitrogen and oxygen atoms in total. The number of pyridine rings is 1. The summed E-state index contributed by atoms with van der Waals surface area (Å²) in [5.41, 5.74) is 10.4. The number of rotatable bonds is 5. The highest BCUT2D eigenvalue weighted by atomic mass is 32.1. The number of nitrogens with zero attached hydrogens (tertiary/aromatic N) is 3. The second kappa shape index (κ2) is 12.1. The van der Waals surface area contributed by atoms with E-state index in [1.807, 2.05) is 47.7 Å². The lowest BCUT2D eigenvalue weighted by Crippen LogP contribution is -1.95. The Morgan fingerprint density at radius 2 is 1.00 bits per heavy atom. The van der Waals surface area contributed by atoms with Gasteiger partial charge in [-0.1, -0.05) is 152 Å². The largest absolute Gasteiger partial charge is 0.247 e. The van der Waals surface area contributed by atoms with Crippen LogP contribution in [0.5, 0.6) is 0 Å². The Morgan fingerprint density at radius 1 is 0.392 bits per heavy atom. The molecule has 0 spiro atoms. The maximum absolute atomic E-state index is 5.39. The third kappa shape index (κ3) is 5.16. The molecule has 51 heavy (non-hydrogen) atoms. The molecular weight excluding hydrogens is 639 g/mol. The lowest BCUT2D eigenvalue weighted by Gasteiger charge is -2.12. The second-order valence-corrected chi connectivity index (χ2v) is 13.8. The summed E-state index contributed by atoms with van der Waals surface area (Å²) in [6, 6.07) is 61.8. The van der Waals surface area contributed by atoms with Gasteiger partial charge in [-0.05, 0) is 46.2 Å². The molecule has 0 N–H and O–H groups in total. The van der Waals surface area contributed by atoms with Gasteiger partial charge in [0, 0.05) is 47.8 Å². The Morgan fingerprint density at radius 3 is 1.78 bits per heavy atom. The first-order valence-electron chi connectivity index (χ1n) is 17.1. The maximum Gasteiger partial charge on any atom is 0.160 e. The van der Waals surface area contributed by atoms with E-state index in [9.17, 15) is 0 Å². The first-order valence-corrected chi connectivity index (χ1v) is 17.9. The Kier molecular flexibility index (Phi) is 7.00. The van der Waals surface area contributed by atoms with Crippen LogP contribution in [0.2, 0.25) is 0 Å². The molecule has 10 aromatic rings. The monoisotopic (exact) mass is 667 g/mol. The van der Waals surface area contributed by atoms with E-state index >= 15 is 0 Å². The standard InChI is InChI=1S/C47H29N3S/c1-3-13-32(14-4-1)41-29-42(50-47(49-41)34-15-5-2-6-16-34)33-24-22-30(23-25-33)35-26-27-40-39(28-35)46-44(38-19-9-10-21-43(38)51-46)45(48-40)37-20-11-17-31-12-7-8-18-36(31)37/h1-29H. The van der Waals surface area contributed by atoms with Crippen LogP contribution in [0.25, 0.3) is 98.1 Å². The van der Waals surface area contributed by atoms with Gasteiger partial charge in [0.25, 0.3) is 0 Å². The number of aromatic nitrogens is 3. The van der Waals surface area contributed by atoms with Crippen molar-refractivity contribution in [3.63, 3.8) is 0 Å². The van der Waals surface area contributed by atoms with E-state index in [1.54, 1.807) is 0 Å². The van der Waals surface area contributed by atoms with Gasteiger partial charge in [0.2, 0.25) is 0 Å². The van der Waals surface area contributed by atoms with Crippen LogP contribution < -0.4 is 0 Å². The van der Waals surface area contributed by atoms with Crippen LogP contribution in [-0.4, -0.2) is 15.0 Å². The fourth-order valence-electron chi connectivity index (χ4n) is 7.17. The average Bonchev–Trinajstić information content (AvgIpc) is 3.61. The van der Waals surface area contributed by atoms with Crippen molar-refractivity contribution in [3.8, 4) is 56.3 Å². The summed E-state index contributed by atoms with van der Waals surface area (Å²) in [5, 5.41) is 6.08. The van der Waals surface area contributed by atoms with E-state index < -0.39 is 0 Å². The predicted octanol–water partition coefficient (Wildman–Crippen LogP) is 12.9. The second-order valence-electron chi connectivity index (χ2n) is 12.8. The summed E-state index contributed by atoms with van der Waals surface area (Å²) >= 11 is 1.85. The van der Waals surface area contributed by atoms with Gasteiger partial charge in [0.1, 0.15) is 0 Å². The zero-order valence-electron chi connectivity index (χ0n) is 27.5. The number of fused-ring (bicyclic) bond motifs is 6. The number of hydrogen-bond donors (Lipinski definition) is 0. The van der Waals surface area contributed by atoms with Crippen LogP contribution in [0, 0.1) is 0 Å². The van der Waals surface area contributed by atoms with Gasteiger partial charge in [-0.3, -0.25) is 0 Å². The molecule has 0 saturated heterocycles. The number of hydrogen-bond acceptors (Lipinski definition) is 4. The van der Waals surface area contributed by atoms with E-state index in [2.05, 4.69) is 140 Å². The van der Waals surface area contributed by atoms with Crippen LogP contribution in [0.15, 0.2) is 176 Å². The molecule has 238 valence electrons. The summed E-state index contributed by atoms with van der Waals surface area (Å²) in [6.45, 7) is 0. The summed E-state index contributed by atoms with van der Waals surface area (Å²) in [7, 11) is 0. The van der Waals surface area contributed by atoms with Crippen molar-refractivity contribution in [3.05, 3.63) is 176 Å². The zero-order valence-corrected chi connectivity index (χ0v) is 28.3. The van der Waals surface area contributed by atoms with Gasteiger partial charge < -0.3 is 0 Å². The lowest BCUT2D eigenvalue weighted by molar-refractivity contribution is 1.18. The van der Waals surface area contributed by atoms with Crippen molar-refractivity contribution in [1.29, 1.82) is 0 Å². The number of thiophene rings is 1. The topological polar surface area (TPSA) is 38.7 Å². The maximum atomic E-state index is 5.39. The van der Waals surface area contributed by atoms with Gasteiger partial charge >= 0.3 is 0 Å². The molecule has 0 radical (unpaired) electrons. The molecule has 0 aliphatic rings. The summed E-state index contributed by atoms with van der Waals surface area (Å²) in [6.07, 6.45) is 0. The highest BCUT2D eigenvalue weighted by molar-refractivity contribution is 7.26. The fraction of sp³-hybridized carbons (Fsp3) is 0. The van der Waals surface area contributed by atoms with Crippen LogP contribution in [0.3, 0.4) is 0 Å². The first-order chi connectivity index (χ1) is 25.3. The van der Waals surface area contributed by atoms with E-state index in [4.69, 9.17) is 15.0 Å². The SMILES string of the molecule is c1ccc(-c2cc(-c3ccc(-c4ccc5nc(-c6cccc7ccccc67)c6c7ccccc7sc6c5c4)cc3)nc(-c3ccccc3)n2)cc1. The van der Waals surface area contributed by atoms with Gasteiger partial charge in [-0.15, -0.1) is 11.3 Å². The molecule has 0 fully saturated rings. The normalized spacial score (nSPS) is 11.5. The molecule has 3 heterocycles. The Hall–Kier alpha value is -6.49. The van der Waals surface area contributed by atoms with Gasteiger partial charge in [0.15, 0.2) is 5.82 Å². The van der Waals surface area contributed by atoms with E-state index in [0.717, 1.165) is 50.4 Å². The zero-order chi connectivity index (χ0) is 33.7. The van der Waals surface area contributed by atoms with Crippen molar-refractivity contribution < 1.29 is 0 Å². The summed E-state index contributed by atoms with van der Waals surface area (Å²) < 4.78 is 2.54. The minimum absolute atomic E-state index is 0.716. The van der Waals surface area contributed by atoms with E-state index in [0.29, 0.717) is 5.82 Å². The van der Waals surface area contributed by atoms with Crippen molar-refractivity contribution in [2.75, 3.05) is 0 Å². The molecule has 7 aromatic carbocycles. The molecule has 0 amide bonds. The molecule has 0 aliphatic carbocycles. The smallest absolute Gasteiger partial charge is 0.160 e. The Labute approximate surface area is 299 Å². The molecule has 0 aliphatic heterocycles. The molecule has 3 aromatic heterocycles. The number of benzene rings is 7. The summed E-state index contributed by atoms with van der Waals surface area (Å²) in [5.74, 6) is 0.716. The molecule has 0 saturated carbocycles. The summed E-state index contributed by atoms with van der Waals surface area (Å²) in [4.78, 5) is 15.4. The molecule has 0 atom stereocenters. The molecule has 0 bridgehead atoms. The van der Waals surface area contributed by atoms with Crippen molar-refractivity contribution in [1.82, 2.24) is 15.0 Å². The highest BCUT2D eigenvalue weighted by Crippen LogP contribution is 2.44. The van der Waals surface area contributed by atoms with Crippen molar-refractivity contribution in [2.24, 2.45) is 0 Å². The van der Waals surface area contributed by atoms with E-state index in [1.165, 1.54) is 41.9 Å². The first kappa shape index (κ1) is 29.4. The Balaban J connectivity index is 1.10. The minimum Gasteiger partial charge on any atom is -0.247 e. The van der Waals surface area contributed by atoms with Crippen molar-refractivity contribution in [2.45, 2.75) is 0 Å². The van der Waals surface area contributed by atoms with Gasteiger partial charge in [0.05, 0.1) is 22.6 Å².